The lowest BCUT2D eigenvalue weighted by Gasteiger charge is -2.14. The van der Waals surface area contributed by atoms with E-state index in [9.17, 15) is 26.3 Å². The fraction of sp³-hybridized carbons (Fsp3) is 0.370. The molecule has 8 nitrogen and oxygen atoms in total. The zero-order valence-electron chi connectivity index (χ0n) is 22.5. The van der Waals surface area contributed by atoms with Crippen molar-refractivity contribution in [3.8, 4) is 34.5 Å². The topological polar surface area (TPSA) is 87.8 Å². The number of ether oxygens (including phenoxy) is 2. The van der Waals surface area contributed by atoms with E-state index in [2.05, 4.69) is 24.9 Å². The number of rotatable bonds is 7. The molecule has 14 heteroatoms. The summed E-state index contributed by atoms with van der Waals surface area (Å²) in [7, 11) is 2.78. The van der Waals surface area contributed by atoms with Crippen molar-refractivity contribution < 1.29 is 35.8 Å². The molecule has 0 aliphatic heterocycles. The number of aromatic nitrogens is 6. The third-order valence-electron chi connectivity index (χ3n) is 5.98. The molecule has 1 fully saturated rings. The molecule has 0 unspecified atom stereocenters. The Morgan fingerprint density at radius 1 is 0.902 bits per heavy atom. The van der Waals surface area contributed by atoms with Crippen molar-refractivity contribution >= 4 is 0 Å². The monoisotopic (exact) mass is 580 g/mol. The molecule has 218 valence electrons. The maximum absolute atomic E-state index is 13.7. The highest BCUT2D eigenvalue weighted by Crippen LogP contribution is 2.45. The van der Waals surface area contributed by atoms with Crippen LogP contribution in [0.15, 0.2) is 42.9 Å². The van der Waals surface area contributed by atoms with Crippen molar-refractivity contribution in [3.63, 3.8) is 0 Å². The third-order valence-corrected chi connectivity index (χ3v) is 5.98. The van der Waals surface area contributed by atoms with Crippen LogP contribution in [-0.4, -0.2) is 36.6 Å². The van der Waals surface area contributed by atoms with E-state index < -0.39 is 23.7 Å². The summed E-state index contributed by atoms with van der Waals surface area (Å²) >= 11 is 0. The molecule has 0 bridgehead atoms. The number of hydrogen-bond acceptors (Lipinski definition) is 7. The van der Waals surface area contributed by atoms with Gasteiger partial charge in [-0.05, 0) is 18.4 Å². The first-order valence-electron chi connectivity index (χ1n) is 12.6. The summed E-state index contributed by atoms with van der Waals surface area (Å²) in [5.74, 6) is -0.400. The number of alkyl halides is 6. The van der Waals surface area contributed by atoms with E-state index in [1.807, 2.05) is 13.8 Å². The highest BCUT2D eigenvalue weighted by molar-refractivity contribution is 5.66. The van der Waals surface area contributed by atoms with E-state index in [1.165, 1.54) is 25.1 Å². The molecular weight excluding hydrogens is 554 g/mol. The number of benzene rings is 1. The van der Waals surface area contributed by atoms with E-state index >= 15 is 0 Å². The predicted molar refractivity (Wildman–Crippen MR) is 136 cm³/mol. The number of imidazole rings is 1. The van der Waals surface area contributed by atoms with Gasteiger partial charge >= 0.3 is 12.4 Å². The van der Waals surface area contributed by atoms with Crippen LogP contribution in [0.2, 0.25) is 0 Å². The minimum Gasteiger partial charge on any atom is -0.480 e. The summed E-state index contributed by atoms with van der Waals surface area (Å²) < 4.78 is 92.2. The van der Waals surface area contributed by atoms with Gasteiger partial charge in [0.05, 0.1) is 12.8 Å². The summed E-state index contributed by atoms with van der Waals surface area (Å²) in [5.41, 5.74) is -0.582. The van der Waals surface area contributed by atoms with Crippen molar-refractivity contribution in [3.05, 3.63) is 65.5 Å². The second-order valence-corrected chi connectivity index (χ2v) is 8.87. The van der Waals surface area contributed by atoms with Crippen molar-refractivity contribution in [2.75, 3.05) is 7.11 Å². The largest absolute Gasteiger partial charge is 0.480 e. The molecule has 1 aliphatic carbocycles. The molecule has 0 atom stereocenters. The molecule has 0 radical (unpaired) electrons. The summed E-state index contributed by atoms with van der Waals surface area (Å²) in [6.45, 7) is 3.83. The molecule has 0 saturated heterocycles. The molecule has 0 amide bonds. The van der Waals surface area contributed by atoms with Gasteiger partial charge in [0.2, 0.25) is 11.8 Å². The molecule has 0 N–H and O–H groups in total. The van der Waals surface area contributed by atoms with Gasteiger partial charge in [0.25, 0.3) is 0 Å². The van der Waals surface area contributed by atoms with Crippen LogP contribution in [0.4, 0.5) is 26.3 Å². The minimum absolute atomic E-state index is 0.0452. The Balaban J connectivity index is 0.00000189. The summed E-state index contributed by atoms with van der Waals surface area (Å²) in [6.07, 6.45) is -5.55. The van der Waals surface area contributed by atoms with Crippen LogP contribution in [0.25, 0.3) is 22.8 Å². The Morgan fingerprint density at radius 2 is 1.56 bits per heavy atom. The fourth-order valence-electron chi connectivity index (χ4n) is 3.95. The Kier molecular flexibility index (Phi) is 8.50. The van der Waals surface area contributed by atoms with Gasteiger partial charge in [0.1, 0.15) is 24.3 Å². The van der Waals surface area contributed by atoms with Crippen LogP contribution >= 0.6 is 0 Å². The first kappa shape index (κ1) is 29.7. The number of halogens is 6. The third kappa shape index (κ3) is 6.74. The van der Waals surface area contributed by atoms with Gasteiger partial charge < -0.3 is 14.0 Å². The first-order chi connectivity index (χ1) is 19.4. The highest BCUT2D eigenvalue weighted by atomic mass is 19.4. The maximum Gasteiger partial charge on any atom is 0.434 e. The molecule has 41 heavy (non-hydrogen) atoms. The zero-order chi connectivity index (χ0) is 29.9. The second kappa shape index (κ2) is 11.7. The van der Waals surface area contributed by atoms with Gasteiger partial charge in [-0.15, -0.1) is 0 Å². The lowest BCUT2D eigenvalue weighted by atomic mass is 10.1. The minimum atomic E-state index is -4.78. The van der Waals surface area contributed by atoms with E-state index in [-0.39, 0.29) is 41.5 Å². The van der Waals surface area contributed by atoms with Crippen LogP contribution in [0, 0.1) is 0 Å². The van der Waals surface area contributed by atoms with Gasteiger partial charge in [-0.1, -0.05) is 38.1 Å². The Labute approximate surface area is 231 Å². The van der Waals surface area contributed by atoms with Gasteiger partial charge in [0, 0.05) is 30.8 Å². The summed E-state index contributed by atoms with van der Waals surface area (Å²) in [5, 5.41) is 0. The van der Waals surface area contributed by atoms with Gasteiger partial charge in [0.15, 0.2) is 17.2 Å². The Morgan fingerprint density at radius 3 is 2.12 bits per heavy atom. The fourth-order valence-corrected chi connectivity index (χ4v) is 3.95. The standard InChI is InChI=1S/C25H20F6N6O2.C2H6/c1-37-10-17(25(29,30)31)35-22(37)15-5-3-13(4-6-15)11-39-18-9-16(24(26,27)28)34-21(36-18)19-20(14-7-8-14)32-12-33-23(19)38-2;1-2/h3-6,9-10,12,14H,7-8,11H2,1-2H3;1-2H3. The van der Waals surface area contributed by atoms with Crippen molar-refractivity contribution in [2.45, 2.75) is 51.6 Å². The van der Waals surface area contributed by atoms with E-state index in [4.69, 9.17) is 9.47 Å². The van der Waals surface area contributed by atoms with E-state index in [0.717, 1.165) is 19.0 Å². The number of hydrogen-bond donors (Lipinski definition) is 0. The predicted octanol–water partition coefficient (Wildman–Crippen LogP) is 6.86. The Bertz CT molecular complexity index is 1500. The molecule has 3 heterocycles. The van der Waals surface area contributed by atoms with E-state index in [0.29, 0.717) is 22.9 Å². The quantitative estimate of drug-likeness (QED) is 0.221. The van der Waals surface area contributed by atoms with Crippen molar-refractivity contribution in [1.29, 1.82) is 0 Å². The normalized spacial score (nSPS) is 13.4. The first-order valence-corrected chi connectivity index (χ1v) is 12.6. The molecule has 1 aromatic carbocycles. The molecule has 3 aromatic heterocycles. The van der Waals surface area contributed by atoms with Crippen molar-refractivity contribution in [2.24, 2.45) is 7.05 Å². The number of methoxy groups -OCH3 is 1. The Hall–Kier alpha value is -4.23. The molecule has 0 spiro atoms. The molecule has 1 aliphatic rings. The number of aryl methyl sites for hydroxylation is 1. The van der Waals surface area contributed by atoms with Gasteiger partial charge in [-0.3, -0.25) is 0 Å². The average Bonchev–Trinajstić information content (AvgIpc) is 3.72. The van der Waals surface area contributed by atoms with E-state index in [1.54, 1.807) is 24.3 Å². The van der Waals surface area contributed by atoms with Crippen LogP contribution < -0.4 is 9.47 Å². The van der Waals surface area contributed by atoms with Gasteiger partial charge in [-0.2, -0.15) is 31.3 Å². The maximum atomic E-state index is 13.7. The average molecular weight is 581 g/mol. The lowest BCUT2D eigenvalue weighted by Crippen LogP contribution is -2.12. The molecule has 5 rings (SSSR count). The van der Waals surface area contributed by atoms with Crippen LogP contribution in [-0.2, 0) is 26.0 Å². The summed E-state index contributed by atoms with van der Waals surface area (Å²) in [6, 6.07) is 6.92. The van der Waals surface area contributed by atoms with Crippen LogP contribution in [0.3, 0.4) is 0 Å². The second-order valence-electron chi connectivity index (χ2n) is 8.87. The highest BCUT2D eigenvalue weighted by Gasteiger charge is 2.37. The van der Waals surface area contributed by atoms with Crippen LogP contribution in [0.1, 0.15) is 55.3 Å². The van der Waals surface area contributed by atoms with Crippen LogP contribution in [0.5, 0.6) is 11.8 Å². The number of nitrogens with zero attached hydrogens (tertiary/aromatic N) is 6. The lowest BCUT2D eigenvalue weighted by molar-refractivity contribution is -0.141. The molecule has 4 aromatic rings. The summed E-state index contributed by atoms with van der Waals surface area (Å²) in [4.78, 5) is 19.8. The SMILES string of the molecule is CC.COc1ncnc(C2CC2)c1-c1nc(OCc2ccc(-c3nc(C(F)(F)F)cn3C)cc2)cc(C(F)(F)F)n1. The van der Waals surface area contributed by atoms with Crippen molar-refractivity contribution in [1.82, 2.24) is 29.5 Å². The van der Waals surface area contributed by atoms with Gasteiger partial charge in [-0.25, -0.2) is 19.9 Å². The smallest absolute Gasteiger partial charge is 0.434 e. The molecule has 1 saturated carbocycles. The molecular formula is C27H26F6N6O2. The zero-order valence-corrected chi connectivity index (χ0v) is 22.5.